The predicted octanol–water partition coefficient (Wildman–Crippen LogP) is 4.10. The third-order valence-electron chi connectivity index (χ3n) is 4.99. The zero-order chi connectivity index (χ0) is 19.5. The molecule has 7 nitrogen and oxygen atoms in total. The Hall–Kier alpha value is -3.61. The number of hydrogen-bond acceptors (Lipinski definition) is 4. The molecule has 0 spiro atoms. The Bertz CT molecular complexity index is 1030. The van der Waals surface area contributed by atoms with Crippen molar-refractivity contribution in [3.63, 3.8) is 0 Å². The first-order valence-electron chi connectivity index (χ1n) is 9.15. The molecule has 7 heteroatoms. The Kier molecular flexibility index (Phi) is 4.80. The molecule has 1 aliphatic rings. The fraction of sp³-hybridized carbons (Fsp3) is 0.190. The maximum atomic E-state index is 12.6. The average molecular weight is 376 g/mol. The van der Waals surface area contributed by atoms with Crippen LogP contribution in [-0.2, 0) is 0 Å². The van der Waals surface area contributed by atoms with Crippen molar-refractivity contribution in [1.29, 1.82) is 0 Å². The van der Waals surface area contributed by atoms with E-state index in [1.54, 1.807) is 23.1 Å². The Labute approximate surface area is 162 Å². The van der Waals surface area contributed by atoms with Gasteiger partial charge >= 0.3 is 6.03 Å². The van der Waals surface area contributed by atoms with Gasteiger partial charge in [0.25, 0.3) is 5.69 Å². The van der Waals surface area contributed by atoms with Gasteiger partial charge in [0.1, 0.15) is 5.69 Å². The second kappa shape index (κ2) is 7.56. The van der Waals surface area contributed by atoms with Crippen molar-refractivity contribution in [2.45, 2.75) is 0 Å². The molecule has 142 valence electrons. The highest BCUT2D eigenvalue weighted by atomic mass is 16.6. The molecular formula is C21H20N4O3. The maximum absolute atomic E-state index is 12.6. The van der Waals surface area contributed by atoms with E-state index in [-0.39, 0.29) is 16.6 Å². The van der Waals surface area contributed by atoms with E-state index in [1.165, 1.54) is 6.07 Å². The molecule has 1 saturated heterocycles. The third-order valence-corrected chi connectivity index (χ3v) is 4.99. The molecule has 1 aliphatic heterocycles. The number of benzene rings is 3. The van der Waals surface area contributed by atoms with Gasteiger partial charge in [-0.15, -0.1) is 0 Å². The number of para-hydroxylation sites is 2. The summed E-state index contributed by atoms with van der Waals surface area (Å²) >= 11 is 0. The molecule has 0 saturated carbocycles. The summed E-state index contributed by atoms with van der Waals surface area (Å²) in [6.45, 7) is 2.11. The molecule has 1 heterocycles. The monoisotopic (exact) mass is 376 g/mol. The highest BCUT2D eigenvalue weighted by Gasteiger charge is 2.25. The number of piperazine rings is 1. The highest BCUT2D eigenvalue weighted by Crippen LogP contribution is 2.28. The lowest BCUT2D eigenvalue weighted by atomic mass is 10.1. The van der Waals surface area contributed by atoms with Crippen molar-refractivity contribution < 1.29 is 9.72 Å². The fourth-order valence-electron chi connectivity index (χ4n) is 3.51. The summed E-state index contributed by atoms with van der Waals surface area (Å²) in [5, 5.41) is 16.4. The van der Waals surface area contributed by atoms with Crippen LogP contribution in [0.4, 0.5) is 21.9 Å². The van der Waals surface area contributed by atoms with E-state index in [0.29, 0.717) is 31.9 Å². The van der Waals surface area contributed by atoms with Crippen molar-refractivity contribution in [3.8, 4) is 0 Å². The van der Waals surface area contributed by atoms with E-state index in [4.69, 9.17) is 0 Å². The first kappa shape index (κ1) is 17.8. The summed E-state index contributed by atoms with van der Waals surface area (Å²) in [5.41, 5.74) is 1.45. The minimum atomic E-state index is -0.367. The van der Waals surface area contributed by atoms with Crippen LogP contribution < -0.4 is 10.2 Å². The van der Waals surface area contributed by atoms with Crippen LogP contribution >= 0.6 is 0 Å². The number of nitro benzene ring substituents is 1. The van der Waals surface area contributed by atoms with Crippen LogP contribution in [0.15, 0.2) is 66.7 Å². The topological polar surface area (TPSA) is 78.7 Å². The van der Waals surface area contributed by atoms with Gasteiger partial charge < -0.3 is 15.1 Å². The number of carbonyl (C=O) groups excluding carboxylic acids is 1. The van der Waals surface area contributed by atoms with Crippen molar-refractivity contribution in [1.82, 2.24) is 4.90 Å². The molecule has 1 fully saturated rings. The molecule has 0 bridgehead atoms. The Balaban J connectivity index is 1.40. The molecule has 0 radical (unpaired) electrons. The number of nitrogens with zero attached hydrogens (tertiary/aromatic N) is 3. The second-order valence-corrected chi connectivity index (χ2v) is 6.71. The second-order valence-electron chi connectivity index (χ2n) is 6.71. The number of urea groups is 1. The number of hydrogen-bond donors (Lipinski definition) is 1. The van der Waals surface area contributed by atoms with Crippen molar-refractivity contribution in [3.05, 3.63) is 76.8 Å². The lowest BCUT2D eigenvalue weighted by Crippen LogP contribution is -2.50. The van der Waals surface area contributed by atoms with Crippen LogP contribution in [0.2, 0.25) is 0 Å². The van der Waals surface area contributed by atoms with Crippen LogP contribution in [0.5, 0.6) is 0 Å². The molecule has 1 N–H and O–H groups in total. The Morgan fingerprint density at radius 1 is 0.893 bits per heavy atom. The van der Waals surface area contributed by atoms with E-state index >= 15 is 0 Å². The average Bonchev–Trinajstić information content (AvgIpc) is 2.73. The quantitative estimate of drug-likeness (QED) is 0.551. The Morgan fingerprint density at radius 2 is 1.57 bits per heavy atom. The minimum Gasteiger partial charge on any atom is -0.362 e. The van der Waals surface area contributed by atoms with E-state index in [0.717, 1.165) is 16.5 Å². The lowest BCUT2D eigenvalue weighted by molar-refractivity contribution is -0.384. The molecule has 4 rings (SSSR count). The van der Waals surface area contributed by atoms with Crippen molar-refractivity contribution in [2.24, 2.45) is 0 Å². The largest absolute Gasteiger partial charge is 0.362 e. The molecule has 0 aliphatic carbocycles. The molecule has 3 aromatic rings. The van der Waals surface area contributed by atoms with Crippen LogP contribution in [0.25, 0.3) is 10.8 Å². The standard InChI is InChI=1S/C21H20N4O3/c26-21(22-18-10-9-16-5-1-2-6-17(16)15-18)24-13-11-23(12-14-24)19-7-3-4-8-20(19)25(27)28/h1-10,15H,11-14H2,(H,22,26). The summed E-state index contributed by atoms with van der Waals surface area (Å²) in [6, 6.07) is 20.4. The number of rotatable bonds is 3. The number of anilines is 2. The van der Waals surface area contributed by atoms with Crippen LogP contribution in [0, 0.1) is 10.1 Å². The summed E-state index contributed by atoms with van der Waals surface area (Å²) in [6.07, 6.45) is 0. The normalized spacial score (nSPS) is 14.1. The third kappa shape index (κ3) is 3.59. The highest BCUT2D eigenvalue weighted by molar-refractivity contribution is 5.93. The molecule has 0 aromatic heterocycles. The van der Waals surface area contributed by atoms with Gasteiger partial charge in [0.05, 0.1) is 4.92 Å². The van der Waals surface area contributed by atoms with E-state index < -0.39 is 0 Å². The number of nitro groups is 1. The fourth-order valence-corrected chi connectivity index (χ4v) is 3.51. The molecule has 0 atom stereocenters. The SMILES string of the molecule is O=C(Nc1ccc2ccccc2c1)N1CCN(c2ccccc2[N+](=O)[O-])CC1. The molecule has 3 aromatic carbocycles. The molecule has 2 amide bonds. The first-order chi connectivity index (χ1) is 13.6. The van der Waals surface area contributed by atoms with Gasteiger partial charge in [-0.05, 0) is 29.0 Å². The van der Waals surface area contributed by atoms with Gasteiger partial charge in [-0.25, -0.2) is 4.79 Å². The van der Waals surface area contributed by atoms with Gasteiger partial charge in [-0.3, -0.25) is 10.1 Å². The zero-order valence-electron chi connectivity index (χ0n) is 15.2. The summed E-state index contributed by atoms with van der Waals surface area (Å²) in [7, 11) is 0. The van der Waals surface area contributed by atoms with Crippen LogP contribution in [0.1, 0.15) is 0 Å². The number of fused-ring (bicyclic) bond motifs is 1. The van der Waals surface area contributed by atoms with Gasteiger partial charge in [-0.2, -0.15) is 0 Å². The smallest absolute Gasteiger partial charge is 0.321 e. The molecule has 28 heavy (non-hydrogen) atoms. The number of amides is 2. The predicted molar refractivity (Wildman–Crippen MR) is 110 cm³/mol. The molecule has 0 unspecified atom stereocenters. The lowest BCUT2D eigenvalue weighted by Gasteiger charge is -2.35. The summed E-state index contributed by atoms with van der Waals surface area (Å²) in [5.74, 6) is 0. The number of nitrogens with one attached hydrogen (secondary N) is 1. The van der Waals surface area contributed by atoms with Gasteiger partial charge in [0.2, 0.25) is 0 Å². The van der Waals surface area contributed by atoms with Crippen LogP contribution in [0.3, 0.4) is 0 Å². The van der Waals surface area contributed by atoms with E-state index in [1.807, 2.05) is 47.4 Å². The van der Waals surface area contributed by atoms with Crippen molar-refractivity contribution >= 4 is 33.9 Å². The first-order valence-corrected chi connectivity index (χ1v) is 9.15. The summed E-state index contributed by atoms with van der Waals surface area (Å²) in [4.78, 5) is 27.2. The molecular weight excluding hydrogens is 356 g/mol. The summed E-state index contributed by atoms with van der Waals surface area (Å²) < 4.78 is 0. The van der Waals surface area contributed by atoms with Gasteiger partial charge in [0.15, 0.2) is 0 Å². The van der Waals surface area contributed by atoms with E-state index in [2.05, 4.69) is 5.32 Å². The van der Waals surface area contributed by atoms with E-state index in [9.17, 15) is 14.9 Å². The zero-order valence-corrected chi connectivity index (χ0v) is 15.2. The van der Waals surface area contributed by atoms with Crippen LogP contribution in [-0.4, -0.2) is 42.0 Å². The van der Waals surface area contributed by atoms with Gasteiger partial charge in [0, 0.05) is 37.9 Å². The van der Waals surface area contributed by atoms with Gasteiger partial charge in [-0.1, -0.05) is 42.5 Å². The minimum absolute atomic E-state index is 0.0940. The Morgan fingerprint density at radius 3 is 2.32 bits per heavy atom. The van der Waals surface area contributed by atoms with Crippen molar-refractivity contribution in [2.75, 3.05) is 36.4 Å². The number of carbonyl (C=O) groups is 1. The maximum Gasteiger partial charge on any atom is 0.321 e.